The number of nitrogens with zero attached hydrogens (tertiary/aromatic N) is 3. The second-order valence-electron chi connectivity index (χ2n) is 7.53. The third-order valence-corrected chi connectivity index (χ3v) is 7.12. The van der Waals surface area contributed by atoms with E-state index in [0.717, 1.165) is 10.0 Å². The van der Waals surface area contributed by atoms with E-state index in [1.54, 1.807) is 18.3 Å². The van der Waals surface area contributed by atoms with Crippen molar-refractivity contribution in [3.05, 3.63) is 95.9 Å². The van der Waals surface area contributed by atoms with Crippen molar-refractivity contribution in [3.63, 3.8) is 0 Å². The Bertz CT molecular complexity index is 1460. The normalized spacial score (nSPS) is 11.3. The summed E-state index contributed by atoms with van der Waals surface area (Å²) in [5.74, 6) is 1.47. The maximum Gasteiger partial charge on any atom is 0.282 e. The molecule has 1 aromatic heterocycles. The molecule has 0 spiro atoms. The molecule has 0 aliphatic heterocycles. The largest absolute Gasteiger partial charge is 0.490 e. The average Bonchev–Trinajstić information content (AvgIpc) is 2.87. The van der Waals surface area contributed by atoms with Crippen LogP contribution in [0, 0.1) is 0 Å². The SMILES string of the molecule is CCOc1cc(C=Nn2c(CC)nc3ccc(Br)cc3c2=O)c(Br)c(Cl)c1OCc1ccccc1. The van der Waals surface area contributed by atoms with Gasteiger partial charge in [-0.25, -0.2) is 4.98 Å². The zero-order chi connectivity index (χ0) is 24.9. The first-order chi connectivity index (χ1) is 16.9. The Hall–Kier alpha value is -2.68. The van der Waals surface area contributed by atoms with E-state index in [9.17, 15) is 4.79 Å². The first-order valence-corrected chi connectivity index (χ1v) is 13.0. The molecular formula is C26H22Br2ClN3O3. The topological polar surface area (TPSA) is 65.7 Å². The van der Waals surface area contributed by atoms with E-state index < -0.39 is 0 Å². The van der Waals surface area contributed by atoms with E-state index in [2.05, 4.69) is 41.9 Å². The fourth-order valence-electron chi connectivity index (χ4n) is 3.49. The number of aromatic nitrogens is 2. The van der Waals surface area contributed by atoms with Gasteiger partial charge in [0, 0.05) is 20.9 Å². The molecule has 0 unspecified atom stereocenters. The predicted octanol–water partition coefficient (Wildman–Crippen LogP) is 7.00. The molecule has 35 heavy (non-hydrogen) atoms. The van der Waals surface area contributed by atoms with Gasteiger partial charge in [-0.2, -0.15) is 9.78 Å². The van der Waals surface area contributed by atoms with Crippen molar-refractivity contribution in [2.45, 2.75) is 26.9 Å². The summed E-state index contributed by atoms with van der Waals surface area (Å²) in [5, 5.41) is 5.30. The van der Waals surface area contributed by atoms with Gasteiger partial charge in [-0.3, -0.25) is 4.79 Å². The first-order valence-electron chi connectivity index (χ1n) is 11.0. The Balaban J connectivity index is 1.74. The maximum atomic E-state index is 13.2. The summed E-state index contributed by atoms with van der Waals surface area (Å²) in [6, 6.07) is 17.0. The third-order valence-electron chi connectivity index (χ3n) is 5.19. The molecule has 4 aromatic rings. The van der Waals surface area contributed by atoms with Crippen LogP contribution < -0.4 is 15.0 Å². The van der Waals surface area contributed by atoms with Crippen LogP contribution in [0.4, 0.5) is 0 Å². The van der Waals surface area contributed by atoms with Crippen LogP contribution in [0.1, 0.15) is 30.8 Å². The van der Waals surface area contributed by atoms with E-state index in [1.807, 2.05) is 56.3 Å². The molecule has 0 radical (unpaired) electrons. The lowest BCUT2D eigenvalue weighted by molar-refractivity contribution is 0.269. The van der Waals surface area contributed by atoms with Gasteiger partial charge in [0.15, 0.2) is 11.5 Å². The van der Waals surface area contributed by atoms with Gasteiger partial charge in [-0.15, -0.1) is 0 Å². The number of hydrogen-bond acceptors (Lipinski definition) is 5. The van der Waals surface area contributed by atoms with E-state index in [0.29, 0.717) is 62.9 Å². The third kappa shape index (κ3) is 5.60. The summed E-state index contributed by atoms with van der Waals surface area (Å²) in [6.07, 6.45) is 2.10. The second kappa shape index (κ2) is 11.4. The summed E-state index contributed by atoms with van der Waals surface area (Å²) in [6.45, 7) is 4.58. The van der Waals surface area contributed by atoms with Crippen molar-refractivity contribution >= 4 is 60.6 Å². The molecule has 0 aliphatic rings. The Morgan fingerprint density at radius 3 is 2.57 bits per heavy atom. The zero-order valence-corrected chi connectivity index (χ0v) is 23.0. The lowest BCUT2D eigenvalue weighted by Crippen LogP contribution is -2.22. The van der Waals surface area contributed by atoms with E-state index in [-0.39, 0.29) is 5.56 Å². The van der Waals surface area contributed by atoms with Gasteiger partial charge in [0.1, 0.15) is 17.5 Å². The number of rotatable bonds is 8. The number of halogens is 3. The van der Waals surface area contributed by atoms with Crippen molar-refractivity contribution in [1.29, 1.82) is 0 Å². The Morgan fingerprint density at radius 1 is 1.09 bits per heavy atom. The highest BCUT2D eigenvalue weighted by atomic mass is 79.9. The lowest BCUT2D eigenvalue weighted by atomic mass is 10.2. The second-order valence-corrected chi connectivity index (χ2v) is 9.62. The van der Waals surface area contributed by atoms with Gasteiger partial charge in [0.2, 0.25) is 0 Å². The number of hydrogen-bond donors (Lipinski definition) is 0. The molecule has 0 saturated carbocycles. The summed E-state index contributed by atoms with van der Waals surface area (Å²) >= 11 is 13.6. The Labute approximate surface area is 224 Å². The van der Waals surface area contributed by atoms with Crippen molar-refractivity contribution < 1.29 is 9.47 Å². The van der Waals surface area contributed by atoms with Crippen LogP contribution >= 0.6 is 43.5 Å². The van der Waals surface area contributed by atoms with Crippen molar-refractivity contribution in [2.75, 3.05) is 6.61 Å². The van der Waals surface area contributed by atoms with E-state index in [1.165, 1.54) is 4.68 Å². The quantitative estimate of drug-likeness (QED) is 0.199. The molecule has 0 N–H and O–H groups in total. The Morgan fingerprint density at radius 2 is 1.86 bits per heavy atom. The van der Waals surface area contributed by atoms with Crippen molar-refractivity contribution in [1.82, 2.24) is 9.66 Å². The molecule has 0 bridgehead atoms. The summed E-state index contributed by atoms with van der Waals surface area (Å²) in [5.41, 5.74) is 2.02. The van der Waals surface area contributed by atoms with Crippen LogP contribution in [0.3, 0.4) is 0 Å². The van der Waals surface area contributed by atoms with Crippen LogP contribution in [0.2, 0.25) is 5.02 Å². The van der Waals surface area contributed by atoms with Crippen molar-refractivity contribution in [3.8, 4) is 11.5 Å². The van der Waals surface area contributed by atoms with Crippen molar-refractivity contribution in [2.24, 2.45) is 5.10 Å². The monoisotopic (exact) mass is 617 g/mol. The minimum absolute atomic E-state index is 0.250. The van der Waals surface area contributed by atoms with Gasteiger partial charge >= 0.3 is 0 Å². The molecule has 180 valence electrons. The Kier molecular flexibility index (Phi) is 8.26. The highest BCUT2D eigenvalue weighted by Crippen LogP contribution is 2.42. The highest BCUT2D eigenvalue weighted by molar-refractivity contribution is 9.10. The van der Waals surface area contributed by atoms with Gasteiger partial charge < -0.3 is 9.47 Å². The minimum Gasteiger partial charge on any atom is -0.490 e. The molecule has 0 amide bonds. The van der Waals surface area contributed by atoms with Gasteiger partial charge in [0.25, 0.3) is 5.56 Å². The maximum absolute atomic E-state index is 13.2. The molecule has 1 heterocycles. The standard InChI is InChI=1S/C26H22Br2ClN3O3/c1-3-22-31-20-11-10-18(27)13-19(20)26(33)32(22)30-14-17-12-21(34-4-2)25(24(29)23(17)28)35-15-16-8-6-5-7-9-16/h5-14H,3-4,15H2,1-2H3. The number of benzene rings is 3. The van der Waals surface area contributed by atoms with E-state index >= 15 is 0 Å². The summed E-state index contributed by atoms with van der Waals surface area (Å²) < 4.78 is 14.5. The summed E-state index contributed by atoms with van der Waals surface area (Å²) in [7, 11) is 0. The molecule has 0 fully saturated rings. The minimum atomic E-state index is -0.250. The first kappa shape index (κ1) is 25.4. The van der Waals surface area contributed by atoms with Gasteiger partial charge in [0.05, 0.1) is 23.7 Å². The molecular weight excluding hydrogens is 598 g/mol. The fraction of sp³-hybridized carbons (Fsp3) is 0.192. The predicted molar refractivity (Wildman–Crippen MR) is 147 cm³/mol. The smallest absolute Gasteiger partial charge is 0.282 e. The fourth-order valence-corrected chi connectivity index (χ4v) is 4.50. The zero-order valence-electron chi connectivity index (χ0n) is 19.1. The van der Waals surface area contributed by atoms with Crippen LogP contribution in [-0.4, -0.2) is 22.5 Å². The molecule has 9 heteroatoms. The number of aryl methyl sites for hydroxylation is 1. The lowest BCUT2D eigenvalue weighted by Gasteiger charge is -2.16. The molecule has 6 nitrogen and oxygen atoms in total. The number of ether oxygens (including phenoxy) is 2. The molecule has 0 aliphatic carbocycles. The molecule has 0 saturated heterocycles. The molecule has 3 aromatic carbocycles. The number of fused-ring (bicyclic) bond motifs is 1. The van der Waals surface area contributed by atoms with Crippen LogP contribution in [-0.2, 0) is 13.0 Å². The van der Waals surface area contributed by atoms with Crippen LogP contribution in [0.25, 0.3) is 10.9 Å². The average molecular weight is 620 g/mol. The summed E-state index contributed by atoms with van der Waals surface area (Å²) in [4.78, 5) is 17.8. The highest BCUT2D eigenvalue weighted by Gasteiger charge is 2.18. The van der Waals surface area contributed by atoms with Gasteiger partial charge in [-0.1, -0.05) is 64.8 Å². The molecule has 4 rings (SSSR count). The van der Waals surface area contributed by atoms with E-state index in [4.69, 9.17) is 21.1 Å². The van der Waals surface area contributed by atoms with Gasteiger partial charge in [-0.05, 0) is 52.7 Å². The van der Waals surface area contributed by atoms with Crippen LogP contribution in [0.15, 0.2) is 73.4 Å². The molecule has 0 atom stereocenters. The van der Waals surface area contributed by atoms with Crippen LogP contribution in [0.5, 0.6) is 11.5 Å².